The van der Waals surface area contributed by atoms with E-state index in [0.29, 0.717) is 34.1 Å². The number of hydrogen-bond donors (Lipinski definition) is 3. The van der Waals surface area contributed by atoms with Crippen molar-refractivity contribution < 1.29 is 19.4 Å². The van der Waals surface area contributed by atoms with E-state index < -0.39 is 6.10 Å². The maximum atomic E-state index is 12.8. The van der Waals surface area contributed by atoms with Crippen molar-refractivity contribution in [1.82, 2.24) is 15.2 Å². The summed E-state index contributed by atoms with van der Waals surface area (Å²) in [6.45, 7) is 3.64. The van der Waals surface area contributed by atoms with Gasteiger partial charge in [-0.15, -0.1) is 0 Å². The highest BCUT2D eigenvalue weighted by Gasteiger charge is 2.15. The molecule has 164 valence electrons. The van der Waals surface area contributed by atoms with Crippen LogP contribution in [0.5, 0.6) is 11.5 Å². The van der Waals surface area contributed by atoms with Crippen molar-refractivity contribution in [2.24, 2.45) is 0 Å². The summed E-state index contributed by atoms with van der Waals surface area (Å²) in [5, 5.41) is 20.6. The summed E-state index contributed by atoms with van der Waals surface area (Å²) in [5.74, 6) is 0.788. The van der Waals surface area contributed by atoms with Crippen LogP contribution in [0.25, 0.3) is 22.3 Å². The Morgan fingerprint density at radius 3 is 2.44 bits per heavy atom. The van der Waals surface area contributed by atoms with Gasteiger partial charge in [0.05, 0.1) is 31.7 Å². The molecule has 32 heavy (non-hydrogen) atoms. The van der Waals surface area contributed by atoms with Gasteiger partial charge in [-0.1, -0.05) is 6.07 Å². The number of pyridine rings is 1. The zero-order valence-electron chi connectivity index (χ0n) is 18.3. The minimum absolute atomic E-state index is 0.282. The lowest BCUT2D eigenvalue weighted by molar-refractivity contribution is 0.102. The highest BCUT2D eigenvalue weighted by atomic mass is 16.5. The third-order valence-electron chi connectivity index (χ3n) is 5.23. The number of methoxy groups -OCH3 is 2. The highest BCUT2D eigenvalue weighted by Crippen LogP contribution is 2.29. The van der Waals surface area contributed by atoms with E-state index in [2.05, 4.69) is 20.5 Å². The predicted octanol–water partition coefficient (Wildman–Crippen LogP) is 4.26. The number of aromatic amines is 1. The molecular weight excluding hydrogens is 408 g/mol. The van der Waals surface area contributed by atoms with E-state index >= 15 is 0 Å². The first-order valence-corrected chi connectivity index (χ1v) is 10.1. The zero-order valence-corrected chi connectivity index (χ0v) is 18.3. The Labute approximate surface area is 185 Å². The Kier molecular flexibility index (Phi) is 5.79. The fourth-order valence-corrected chi connectivity index (χ4v) is 3.51. The molecule has 0 aliphatic rings. The Balaban J connectivity index is 1.65. The van der Waals surface area contributed by atoms with Crippen LogP contribution >= 0.6 is 0 Å². The minimum atomic E-state index is -0.688. The van der Waals surface area contributed by atoms with E-state index in [1.165, 1.54) is 14.2 Å². The second-order valence-electron chi connectivity index (χ2n) is 7.46. The van der Waals surface area contributed by atoms with Crippen molar-refractivity contribution in [3.05, 3.63) is 65.4 Å². The van der Waals surface area contributed by atoms with Crippen LogP contribution in [0.2, 0.25) is 0 Å². The van der Waals surface area contributed by atoms with E-state index in [0.717, 1.165) is 22.2 Å². The van der Waals surface area contributed by atoms with Gasteiger partial charge in [-0.2, -0.15) is 5.10 Å². The molecule has 0 saturated heterocycles. The Morgan fingerprint density at radius 2 is 1.78 bits per heavy atom. The van der Waals surface area contributed by atoms with Gasteiger partial charge in [-0.3, -0.25) is 9.89 Å². The van der Waals surface area contributed by atoms with Crippen molar-refractivity contribution in [3.63, 3.8) is 0 Å². The molecule has 2 aromatic heterocycles. The molecule has 8 nitrogen and oxygen atoms in total. The molecule has 1 amide bonds. The standard InChI is InChI=1S/C24H24N4O4/c1-13-5-6-16(25-24(30)15-9-17(31-3)12-18(10-15)32-4)11-20(13)21-8-7-19-22(14(2)29)27-28-23(19)26-21/h5-12,14,29H,1-4H3,(H,25,30)(H,26,27,28)/t14-/m1/s1. The second kappa shape index (κ2) is 8.68. The number of aryl methyl sites for hydroxylation is 1. The molecular formula is C24H24N4O4. The van der Waals surface area contributed by atoms with Gasteiger partial charge < -0.3 is 19.9 Å². The Hall–Kier alpha value is -3.91. The van der Waals surface area contributed by atoms with Crippen molar-refractivity contribution in [2.45, 2.75) is 20.0 Å². The van der Waals surface area contributed by atoms with Crippen LogP contribution in [0.3, 0.4) is 0 Å². The Morgan fingerprint density at radius 1 is 1.06 bits per heavy atom. The van der Waals surface area contributed by atoms with Crippen molar-refractivity contribution in [3.8, 4) is 22.8 Å². The first kappa shape index (κ1) is 21.3. The maximum absolute atomic E-state index is 12.8. The molecule has 1 atom stereocenters. The maximum Gasteiger partial charge on any atom is 0.255 e. The number of nitrogens with zero attached hydrogens (tertiary/aromatic N) is 2. The molecule has 0 aliphatic heterocycles. The van der Waals surface area contributed by atoms with Crippen LogP contribution in [-0.4, -0.2) is 40.4 Å². The van der Waals surface area contributed by atoms with Crippen LogP contribution in [0, 0.1) is 6.92 Å². The van der Waals surface area contributed by atoms with Crippen LogP contribution in [-0.2, 0) is 0 Å². The van der Waals surface area contributed by atoms with Gasteiger partial charge in [0.2, 0.25) is 0 Å². The van der Waals surface area contributed by atoms with Gasteiger partial charge >= 0.3 is 0 Å². The van der Waals surface area contributed by atoms with Crippen LogP contribution in [0.15, 0.2) is 48.5 Å². The SMILES string of the molecule is COc1cc(OC)cc(C(=O)Nc2ccc(C)c(-c3ccc4c([C@@H](C)O)n[nH]c4n3)c2)c1. The molecule has 0 unspecified atom stereocenters. The molecule has 0 radical (unpaired) electrons. The summed E-state index contributed by atoms with van der Waals surface area (Å²) in [5.41, 5.74) is 4.82. The lowest BCUT2D eigenvalue weighted by Crippen LogP contribution is -2.12. The number of aromatic nitrogens is 3. The summed E-state index contributed by atoms with van der Waals surface area (Å²) < 4.78 is 10.5. The molecule has 8 heteroatoms. The lowest BCUT2D eigenvalue weighted by atomic mass is 10.0. The van der Waals surface area contributed by atoms with Crippen molar-refractivity contribution in [1.29, 1.82) is 0 Å². The minimum Gasteiger partial charge on any atom is -0.497 e. The van der Waals surface area contributed by atoms with Crippen LogP contribution in [0.1, 0.15) is 34.6 Å². The fraction of sp³-hybridized carbons (Fsp3) is 0.208. The van der Waals surface area contributed by atoms with E-state index in [-0.39, 0.29) is 5.91 Å². The summed E-state index contributed by atoms with van der Waals surface area (Å²) in [6, 6.07) is 14.4. The Bertz CT molecular complexity index is 1270. The molecule has 0 spiro atoms. The quantitative estimate of drug-likeness (QED) is 0.420. The third kappa shape index (κ3) is 4.13. The number of H-pyrrole nitrogens is 1. The monoisotopic (exact) mass is 432 g/mol. The molecule has 3 N–H and O–H groups in total. The average Bonchev–Trinajstić information content (AvgIpc) is 3.23. The summed E-state index contributed by atoms with van der Waals surface area (Å²) in [6.07, 6.45) is -0.688. The fourth-order valence-electron chi connectivity index (χ4n) is 3.51. The highest BCUT2D eigenvalue weighted by molar-refractivity contribution is 6.05. The van der Waals surface area contributed by atoms with E-state index in [4.69, 9.17) is 9.47 Å². The number of ether oxygens (including phenoxy) is 2. The van der Waals surface area contributed by atoms with Gasteiger partial charge in [0.15, 0.2) is 5.65 Å². The number of carbonyl (C=O) groups is 1. The van der Waals surface area contributed by atoms with Crippen molar-refractivity contribution in [2.75, 3.05) is 19.5 Å². The molecule has 0 fully saturated rings. The molecule has 2 aromatic carbocycles. The molecule has 0 saturated carbocycles. The number of fused-ring (bicyclic) bond motifs is 1. The third-order valence-corrected chi connectivity index (χ3v) is 5.23. The average molecular weight is 432 g/mol. The predicted molar refractivity (Wildman–Crippen MR) is 122 cm³/mol. The zero-order chi connectivity index (χ0) is 22.8. The second-order valence-corrected chi connectivity index (χ2v) is 7.46. The van der Waals surface area contributed by atoms with Crippen molar-refractivity contribution >= 4 is 22.6 Å². The number of hydrogen-bond acceptors (Lipinski definition) is 6. The van der Waals surface area contributed by atoms with E-state index in [1.807, 2.05) is 37.3 Å². The summed E-state index contributed by atoms with van der Waals surface area (Å²) in [7, 11) is 3.08. The molecule has 0 bridgehead atoms. The normalized spacial score (nSPS) is 11.9. The molecule has 2 heterocycles. The molecule has 4 aromatic rings. The summed E-state index contributed by atoms with van der Waals surface area (Å²) >= 11 is 0. The van der Waals surface area contributed by atoms with Gasteiger partial charge in [0, 0.05) is 28.3 Å². The van der Waals surface area contributed by atoms with Crippen LogP contribution in [0.4, 0.5) is 5.69 Å². The van der Waals surface area contributed by atoms with Gasteiger partial charge in [0.1, 0.15) is 11.5 Å². The first-order valence-electron chi connectivity index (χ1n) is 10.1. The number of anilines is 1. The molecule has 0 aliphatic carbocycles. The van der Waals surface area contributed by atoms with Gasteiger partial charge in [-0.05, 0) is 55.8 Å². The largest absolute Gasteiger partial charge is 0.497 e. The number of amides is 1. The number of benzene rings is 2. The van der Waals surface area contributed by atoms with E-state index in [9.17, 15) is 9.90 Å². The lowest BCUT2D eigenvalue weighted by Gasteiger charge is -2.12. The van der Waals surface area contributed by atoms with Gasteiger partial charge in [0.25, 0.3) is 5.91 Å². The van der Waals surface area contributed by atoms with Gasteiger partial charge in [-0.25, -0.2) is 4.98 Å². The number of nitrogens with one attached hydrogen (secondary N) is 2. The number of aliphatic hydroxyl groups is 1. The number of carbonyl (C=O) groups excluding carboxylic acids is 1. The smallest absolute Gasteiger partial charge is 0.255 e. The number of rotatable bonds is 6. The van der Waals surface area contributed by atoms with E-state index in [1.54, 1.807) is 25.1 Å². The summed E-state index contributed by atoms with van der Waals surface area (Å²) in [4.78, 5) is 17.5. The number of aliphatic hydroxyl groups excluding tert-OH is 1. The first-order chi connectivity index (χ1) is 15.4. The topological polar surface area (TPSA) is 109 Å². The van der Waals surface area contributed by atoms with Crippen LogP contribution < -0.4 is 14.8 Å². The molecule has 4 rings (SSSR count).